The van der Waals surface area contributed by atoms with E-state index in [1.54, 1.807) is 36.4 Å². The van der Waals surface area contributed by atoms with Gasteiger partial charge in [-0.2, -0.15) is 9.13 Å². The fourth-order valence-electron chi connectivity index (χ4n) is 3.18. The van der Waals surface area contributed by atoms with Crippen molar-refractivity contribution in [1.82, 2.24) is 0 Å². The van der Waals surface area contributed by atoms with Crippen molar-refractivity contribution in [2.75, 3.05) is 0 Å². The molecule has 0 aliphatic rings. The van der Waals surface area contributed by atoms with Crippen molar-refractivity contribution in [3.63, 3.8) is 0 Å². The predicted octanol–water partition coefficient (Wildman–Crippen LogP) is 3.30. The molecule has 0 atom stereocenters. The smallest absolute Gasteiger partial charge is 0.335 e. The normalized spacial score (nSPS) is 10.5. The van der Waals surface area contributed by atoms with Crippen LogP contribution >= 0.6 is 0 Å². The van der Waals surface area contributed by atoms with Crippen molar-refractivity contribution >= 4 is 11.9 Å². The second-order valence-electron chi connectivity index (χ2n) is 6.70. The molecule has 30 heavy (non-hydrogen) atoms. The lowest BCUT2D eigenvalue weighted by atomic mass is 10.1. The Balaban J connectivity index is 1.58. The summed E-state index contributed by atoms with van der Waals surface area (Å²) in [7, 11) is 0. The summed E-state index contributed by atoms with van der Waals surface area (Å²) in [6.07, 6.45) is 7.53. The van der Waals surface area contributed by atoms with Crippen LogP contribution in [0.3, 0.4) is 0 Å². The van der Waals surface area contributed by atoms with Gasteiger partial charge in [0.1, 0.15) is 0 Å². The molecule has 0 aliphatic carbocycles. The molecule has 2 N–H and O–H groups in total. The Hall–Kier alpha value is -4.32. The lowest BCUT2D eigenvalue weighted by molar-refractivity contribution is -0.596. The Morgan fingerprint density at radius 1 is 0.567 bits per heavy atom. The van der Waals surface area contributed by atoms with E-state index < -0.39 is 11.9 Å². The van der Waals surface area contributed by atoms with Gasteiger partial charge in [0.05, 0.1) is 11.1 Å². The molecule has 146 valence electrons. The van der Waals surface area contributed by atoms with Gasteiger partial charge in [-0.25, -0.2) is 9.59 Å². The molecule has 6 nitrogen and oxygen atoms in total. The Morgan fingerprint density at radius 3 is 1.27 bits per heavy atom. The zero-order chi connectivity index (χ0) is 21.1. The summed E-state index contributed by atoms with van der Waals surface area (Å²) in [6.45, 7) is 0. The molecular formula is C24H18N2O4+2. The molecule has 0 aliphatic heterocycles. The number of benzene rings is 2. The van der Waals surface area contributed by atoms with E-state index in [1.165, 1.54) is 0 Å². The third-order valence-electron chi connectivity index (χ3n) is 4.77. The van der Waals surface area contributed by atoms with Crippen molar-refractivity contribution < 1.29 is 28.9 Å². The molecule has 0 bridgehead atoms. The predicted molar refractivity (Wildman–Crippen MR) is 109 cm³/mol. The third kappa shape index (κ3) is 3.93. The zero-order valence-electron chi connectivity index (χ0n) is 15.8. The molecule has 0 fully saturated rings. The summed E-state index contributed by atoms with van der Waals surface area (Å²) >= 11 is 0. The first-order valence-corrected chi connectivity index (χ1v) is 9.22. The SMILES string of the molecule is O=C(O)c1cccc(-[n+]2ccc(-c3cc[n+](-c4cccc(C(=O)O)c4)cc3)cc2)c1. The van der Waals surface area contributed by atoms with Gasteiger partial charge in [0.15, 0.2) is 24.8 Å². The van der Waals surface area contributed by atoms with Crippen molar-refractivity contribution in [3.05, 3.63) is 109 Å². The van der Waals surface area contributed by atoms with Crippen molar-refractivity contribution in [1.29, 1.82) is 0 Å². The number of rotatable bonds is 5. The van der Waals surface area contributed by atoms with Crippen LogP contribution in [0.4, 0.5) is 0 Å². The van der Waals surface area contributed by atoms with Gasteiger partial charge in [-0.15, -0.1) is 0 Å². The van der Waals surface area contributed by atoms with Crippen molar-refractivity contribution in [3.8, 4) is 22.5 Å². The number of carboxylic acid groups (broad SMARTS) is 2. The summed E-state index contributed by atoms with van der Waals surface area (Å²) in [5.74, 6) is -1.92. The highest BCUT2D eigenvalue weighted by Crippen LogP contribution is 2.17. The monoisotopic (exact) mass is 398 g/mol. The van der Waals surface area contributed by atoms with E-state index in [-0.39, 0.29) is 11.1 Å². The van der Waals surface area contributed by atoms with Gasteiger partial charge < -0.3 is 10.2 Å². The van der Waals surface area contributed by atoms with Crippen LogP contribution < -0.4 is 9.13 Å². The highest BCUT2D eigenvalue weighted by molar-refractivity contribution is 5.88. The van der Waals surface area contributed by atoms with Crippen LogP contribution in [0.1, 0.15) is 20.7 Å². The molecule has 2 aromatic heterocycles. The summed E-state index contributed by atoms with van der Waals surface area (Å²) < 4.78 is 3.72. The topological polar surface area (TPSA) is 82.4 Å². The van der Waals surface area contributed by atoms with E-state index in [0.717, 1.165) is 22.5 Å². The Morgan fingerprint density at radius 2 is 0.933 bits per heavy atom. The molecule has 6 heteroatoms. The Kier molecular flexibility index (Phi) is 5.05. The molecule has 0 unspecified atom stereocenters. The Bertz CT molecular complexity index is 1130. The molecule has 0 amide bonds. The minimum atomic E-state index is -0.958. The number of carboxylic acids is 2. The van der Waals surface area contributed by atoms with Gasteiger partial charge in [0.25, 0.3) is 0 Å². The number of hydrogen-bond donors (Lipinski definition) is 2. The molecule has 4 rings (SSSR count). The second-order valence-corrected chi connectivity index (χ2v) is 6.70. The third-order valence-corrected chi connectivity index (χ3v) is 4.77. The molecule has 0 saturated heterocycles. The standard InChI is InChI=1S/C24H16N2O4/c27-23(28)19-3-1-5-21(15-19)25-11-7-17(8-12-25)18-9-13-26(14-10-18)22-6-2-4-20(16-22)24(29)30/h1-16H/p+2. The van der Waals surface area contributed by atoms with Crippen LogP contribution in [-0.4, -0.2) is 22.2 Å². The maximum Gasteiger partial charge on any atom is 0.335 e. The average molecular weight is 398 g/mol. The van der Waals surface area contributed by atoms with Crippen LogP contribution in [0.2, 0.25) is 0 Å². The molecule has 2 aromatic carbocycles. The van der Waals surface area contributed by atoms with E-state index in [9.17, 15) is 9.59 Å². The van der Waals surface area contributed by atoms with Gasteiger partial charge >= 0.3 is 11.9 Å². The summed E-state index contributed by atoms with van der Waals surface area (Å²) in [5.41, 5.74) is 4.03. The molecule has 4 aromatic rings. The maximum absolute atomic E-state index is 11.2. The van der Waals surface area contributed by atoms with Crippen LogP contribution in [0, 0.1) is 0 Å². The number of pyridine rings is 2. The summed E-state index contributed by atoms with van der Waals surface area (Å²) in [4.78, 5) is 22.3. The number of aromatic carboxylic acids is 2. The van der Waals surface area contributed by atoms with Crippen molar-refractivity contribution in [2.45, 2.75) is 0 Å². The molecule has 0 saturated carbocycles. The number of carbonyl (C=O) groups is 2. The van der Waals surface area contributed by atoms with E-state index in [1.807, 2.05) is 70.3 Å². The first kappa shape index (κ1) is 19.0. The summed E-state index contributed by atoms with van der Waals surface area (Å²) in [6, 6.07) is 21.3. The van der Waals surface area contributed by atoms with Crippen LogP contribution in [0.15, 0.2) is 97.6 Å². The average Bonchev–Trinajstić information content (AvgIpc) is 2.79. The fraction of sp³-hybridized carbons (Fsp3) is 0. The second kappa shape index (κ2) is 7.97. The minimum Gasteiger partial charge on any atom is -0.478 e. The minimum absolute atomic E-state index is 0.239. The molecular weight excluding hydrogens is 380 g/mol. The zero-order valence-corrected chi connectivity index (χ0v) is 15.8. The quantitative estimate of drug-likeness (QED) is 0.506. The molecule has 0 radical (unpaired) electrons. The fourth-order valence-corrected chi connectivity index (χ4v) is 3.18. The van der Waals surface area contributed by atoms with Crippen molar-refractivity contribution in [2.24, 2.45) is 0 Å². The number of hydrogen-bond acceptors (Lipinski definition) is 2. The van der Waals surface area contributed by atoms with Gasteiger partial charge in [0, 0.05) is 48.5 Å². The lowest BCUT2D eigenvalue weighted by Gasteiger charge is -2.02. The van der Waals surface area contributed by atoms with Gasteiger partial charge in [-0.1, -0.05) is 12.1 Å². The Labute approximate surface area is 172 Å². The highest BCUT2D eigenvalue weighted by atomic mass is 16.4. The van der Waals surface area contributed by atoms with Gasteiger partial charge in [-0.3, -0.25) is 0 Å². The number of aromatic nitrogens is 2. The first-order chi connectivity index (χ1) is 14.5. The molecule has 2 heterocycles. The van der Waals surface area contributed by atoms with E-state index in [4.69, 9.17) is 10.2 Å². The van der Waals surface area contributed by atoms with E-state index in [2.05, 4.69) is 0 Å². The van der Waals surface area contributed by atoms with Crippen LogP contribution in [-0.2, 0) is 0 Å². The van der Waals surface area contributed by atoms with Gasteiger partial charge in [0.2, 0.25) is 11.4 Å². The van der Waals surface area contributed by atoms with Crippen LogP contribution in [0.25, 0.3) is 22.5 Å². The van der Waals surface area contributed by atoms with E-state index in [0.29, 0.717) is 0 Å². The van der Waals surface area contributed by atoms with Crippen LogP contribution in [0.5, 0.6) is 0 Å². The van der Waals surface area contributed by atoms with E-state index >= 15 is 0 Å². The largest absolute Gasteiger partial charge is 0.478 e. The maximum atomic E-state index is 11.2. The van der Waals surface area contributed by atoms with Gasteiger partial charge in [-0.05, 0) is 23.3 Å². The first-order valence-electron chi connectivity index (χ1n) is 9.22. The summed E-state index contributed by atoms with van der Waals surface area (Å²) in [5, 5.41) is 18.3. The lowest BCUT2D eigenvalue weighted by Crippen LogP contribution is -2.30. The number of nitrogens with zero attached hydrogens (tertiary/aromatic N) is 2. The molecule has 0 spiro atoms. The highest BCUT2D eigenvalue weighted by Gasteiger charge is 2.13.